The van der Waals surface area contributed by atoms with Gasteiger partial charge in [0.1, 0.15) is 0 Å². The first kappa shape index (κ1) is 6.01. The predicted molar refractivity (Wildman–Crippen MR) is 27.1 cm³/mol. The molecule has 0 spiro atoms. The lowest BCUT2D eigenvalue weighted by molar-refractivity contribution is -0.113. The molecule has 0 saturated carbocycles. The van der Waals surface area contributed by atoms with Crippen molar-refractivity contribution in [2.24, 2.45) is 11.5 Å². The van der Waals surface area contributed by atoms with Gasteiger partial charge in [-0.25, -0.2) is 0 Å². The number of allylic oxidation sites excluding steroid dienone is 1. The van der Waals surface area contributed by atoms with Crippen LogP contribution in [0, 0.1) is 0 Å². The van der Waals surface area contributed by atoms with Gasteiger partial charge >= 0.3 is 0 Å². The summed E-state index contributed by atoms with van der Waals surface area (Å²) < 4.78 is 0. The summed E-state index contributed by atoms with van der Waals surface area (Å²) in [6, 6.07) is 0. The average molecular weight is 100 g/mol. The molecule has 0 aliphatic heterocycles. The Kier molecular flexibility index (Phi) is 1.91. The van der Waals surface area contributed by atoms with Gasteiger partial charge in [0.15, 0.2) is 0 Å². The van der Waals surface area contributed by atoms with E-state index in [-0.39, 0.29) is 0 Å². The van der Waals surface area contributed by atoms with Crippen LogP contribution in [0.5, 0.6) is 0 Å². The molecule has 1 amide bonds. The van der Waals surface area contributed by atoms with Crippen LogP contribution in [-0.2, 0) is 4.79 Å². The van der Waals surface area contributed by atoms with Crippen molar-refractivity contribution in [3.05, 3.63) is 11.8 Å². The minimum Gasteiger partial charge on any atom is -0.402 e. The Bertz CT molecular complexity index is 102. The van der Waals surface area contributed by atoms with E-state index in [1.807, 2.05) is 0 Å². The molecule has 0 bridgehead atoms. The highest BCUT2D eigenvalue weighted by atomic mass is 16.1. The van der Waals surface area contributed by atoms with E-state index in [1.165, 1.54) is 6.08 Å². The van der Waals surface area contributed by atoms with Gasteiger partial charge in [-0.2, -0.15) is 0 Å². The molecule has 0 aliphatic rings. The largest absolute Gasteiger partial charge is 0.402 e. The fourth-order valence-corrected chi connectivity index (χ4v) is 0.224. The molecule has 4 N–H and O–H groups in total. The van der Waals surface area contributed by atoms with Crippen LogP contribution >= 0.6 is 0 Å². The Hall–Kier alpha value is -0.990. The third-order valence-electron chi connectivity index (χ3n) is 0.370. The molecule has 0 aromatic rings. The first-order chi connectivity index (χ1) is 3.13. The predicted octanol–water partition coefficient (Wildman–Crippen LogP) is -0.666. The quantitative estimate of drug-likeness (QED) is 0.429. The second-order valence-corrected chi connectivity index (χ2v) is 1.29. The van der Waals surface area contributed by atoms with Crippen LogP contribution in [0.2, 0.25) is 0 Å². The minimum atomic E-state index is -0.500. The highest BCUT2D eigenvalue weighted by molar-refractivity contribution is 5.86. The Balaban J connectivity index is 3.68. The van der Waals surface area contributed by atoms with E-state index in [2.05, 4.69) is 0 Å². The van der Waals surface area contributed by atoms with Crippen molar-refractivity contribution in [1.29, 1.82) is 0 Å². The summed E-state index contributed by atoms with van der Waals surface area (Å²) in [4.78, 5) is 9.88. The molecule has 40 valence electrons. The second kappa shape index (κ2) is 2.23. The zero-order valence-corrected chi connectivity index (χ0v) is 4.14. The molecule has 0 fully saturated rings. The van der Waals surface area contributed by atoms with E-state index < -0.39 is 5.91 Å². The minimum absolute atomic E-state index is 0.438. The molecule has 7 heavy (non-hydrogen) atoms. The van der Waals surface area contributed by atoms with Crippen molar-refractivity contribution in [2.45, 2.75) is 6.92 Å². The van der Waals surface area contributed by atoms with E-state index >= 15 is 0 Å². The zero-order chi connectivity index (χ0) is 5.86. The normalized spacial score (nSPS) is 11.3. The fraction of sp³-hybridized carbons (Fsp3) is 0.250. The number of amides is 1. The molecule has 0 atom stereocenters. The third kappa shape index (κ3) is 5.01. The summed E-state index contributed by atoms with van der Waals surface area (Å²) in [6.45, 7) is 1.60. The summed E-state index contributed by atoms with van der Waals surface area (Å²) in [6.07, 6.45) is 1.17. The highest BCUT2D eigenvalue weighted by Crippen LogP contribution is 1.74. The van der Waals surface area contributed by atoms with Gasteiger partial charge in [0.05, 0.1) is 0 Å². The molecule has 3 nitrogen and oxygen atoms in total. The van der Waals surface area contributed by atoms with E-state index in [0.29, 0.717) is 5.70 Å². The molecule has 3 heteroatoms. The van der Waals surface area contributed by atoms with E-state index in [0.717, 1.165) is 0 Å². The number of hydrogen-bond donors (Lipinski definition) is 2. The standard InChI is InChI=1S/C4H8N2O/c1-3(5)2-4(6)7/h2H,5H2,1H3,(H2,6,7)/b3-2-. The number of carbonyl (C=O) groups excluding carboxylic acids is 1. The molecular formula is C4H8N2O. The van der Waals surface area contributed by atoms with Crippen LogP contribution in [0.1, 0.15) is 6.92 Å². The van der Waals surface area contributed by atoms with Crippen LogP contribution < -0.4 is 11.5 Å². The van der Waals surface area contributed by atoms with Crippen molar-refractivity contribution in [3.8, 4) is 0 Å². The average Bonchev–Trinajstić information content (AvgIpc) is 1.27. The summed E-state index contributed by atoms with van der Waals surface area (Å²) in [5, 5.41) is 0. The maximum absolute atomic E-state index is 9.88. The van der Waals surface area contributed by atoms with Gasteiger partial charge in [0.25, 0.3) is 0 Å². The maximum atomic E-state index is 9.88. The summed E-state index contributed by atoms with van der Waals surface area (Å²) in [5.74, 6) is -0.500. The van der Waals surface area contributed by atoms with Crippen LogP contribution in [0.3, 0.4) is 0 Å². The van der Waals surface area contributed by atoms with Crippen LogP contribution in [0.25, 0.3) is 0 Å². The summed E-state index contributed by atoms with van der Waals surface area (Å²) >= 11 is 0. The lowest BCUT2D eigenvalue weighted by Gasteiger charge is -1.82. The lowest BCUT2D eigenvalue weighted by atomic mass is 10.4. The van der Waals surface area contributed by atoms with Crippen molar-refractivity contribution >= 4 is 5.91 Å². The second-order valence-electron chi connectivity index (χ2n) is 1.29. The summed E-state index contributed by atoms with van der Waals surface area (Å²) in [7, 11) is 0. The van der Waals surface area contributed by atoms with Crippen LogP contribution in [0.15, 0.2) is 11.8 Å². The Labute approximate surface area is 42.0 Å². The molecule has 0 radical (unpaired) electrons. The zero-order valence-electron chi connectivity index (χ0n) is 4.14. The highest BCUT2D eigenvalue weighted by Gasteiger charge is 1.81. The SMILES string of the molecule is C/C(N)=C/C(N)=O. The van der Waals surface area contributed by atoms with Crippen LogP contribution in [-0.4, -0.2) is 5.91 Å². The molecule has 0 saturated heterocycles. The number of carbonyl (C=O) groups is 1. The molecule has 0 aromatic carbocycles. The first-order valence-corrected chi connectivity index (χ1v) is 1.86. The Morgan fingerprint density at radius 3 is 2.00 bits per heavy atom. The van der Waals surface area contributed by atoms with Crippen molar-refractivity contribution < 1.29 is 4.79 Å². The van der Waals surface area contributed by atoms with Gasteiger partial charge in [-0.1, -0.05) is 0 Å². The fourth-order valence-electron chi connectivity index (χ4n) is 0.224. The molecular weight excluding hydrogens is 92.1 g/mol. The van der Waals surface area contributed by atoms with Gasteiger partial charge in [-0.15, -0.1) is 0 Å². The van der Waals surface area contributed by atoms with Crippen LogP contribution in [0.4, 0.5) is 0 Å². The smallest absolute Gasteiger partial charge is 0.243 e. The van der Waals surface area contributed by atoms with Crippen molar-refractivity contribution in [1.82, 2.24) is 0 Å². The number of nitrogens with two attached hydrogens (primary N) is 2. The number of rotatable bonds is 1. The maximum Gasteiger partial charge on any atom is 0.243 e. The van der Waals surface area contributed by atoms with Crippen molar-refractivity contribution in [3.63, 3.8) is 0 Å². The summed E-state index contributed by atoms with van der Waals surface area (Å²) in [5.41, 5.74) is 10.2. The van der Waals surface area contributed by atoms with Gasteiger partial charge in [-0.05, 0) is 6.92 Å². The first-order valence-electron chi connectivity index (χ1n) is 1.86. The number of hydrogen-bond acceptors (Lipinski definition) is 2. The monoisotopic (exact) mass is 100 g/mol. The van der Waals surface area contributed by atoms with E-state index in [4.69, 9.17) is 11.5 Å². The van der Waals surface area contributed by atoms with E-state index in [9.17, 15) is 4.79 Å². The lowest BCUT2D eigenvalue weighted by Crippen LogP contribution is -2.08. The Morgan fingerprint density at radius 2 is 2.00 bits per heavy atom. The van der Waals surface area contributed by atoms with Gasteiger partial charge in [0, 0.05) is 11.8 Å². The molecule has 0 aromatic heterocycles. The Morgan fingerprint density at radius 1 is 1.57 bits per heavy atom. The molecule has 0 unspecified atom stereocenters. The topological polar surface area (TPSA) is 69.1 Å². The van der Waals surface area contributed by atoms with Gasteiger partial charge in [-0.3, -0.25) is 4.79 Å². The van der Waals surface area contributed by atoms with E-state index in [1.54, 1.807) is 6.92 Å². The van der Waals surface area contributed by atoms with Gasteiger partial charge in [0.2, 0.25) is 5.91 Å². The number of primary amides is 1. The van der Waals surface area contributed by atoms with Crippen molar-refractivity contribution in [2.75, 3.05) is 0 Å². The molecule has 0 heterocycles. The molecule has 0 aliphatic carbocycles. The molecule has 0 rings (SSSR count). The third-order valence-corrected chi connectivity index (χ3v) is 0.370. The van der Waals surface area contributed by atoms with Gasteiger partial charge < -0.3 is 11.5 Å².